The second-order valence-corrected chi connectivity index (χ2v) is 5.90. The smallest absolute Gasteiger partial charge is 0.134 e. The number of aliphatic hydroxyl groups is 1. The van der Waals surface area contributed by atoms with Gasteiger partial charge in [-0.05, 0) is 61.1 Å². The lowest BCUT2D eigenvalue weighted by molar-refractivity contribution is 0.394. The molecule has 1 aromatic carbocycles. The summed E-state index contributed by atoms with van der Waals surface area (Å²) in [6, 6.07) is 4.25. The highest BCUT2D eigenvalue weighted by Gasteiger charge is 2.19. The number of benzene rings is 1. The summed E-state index contributed by atoms with van der Waals surface area (Å²) >= 11 is 0. The molecule has 1 aliphatic rings. The number of nitrogens with one attached hydrogen (secondary N) is 1. The third-order valence-corrected chi connectivity index (χ3v) is 3.82. The highest BCUT2D eigenvalue weighted by Crippen LogP contribution is 2.23. The molecular weight excluding hydrogens is 248 g/mol. The second kappa shape index (κ2) is 5.61. The minimum absolute atomic E-state index is 0.212. The molecule has 3 nitrogen and oxygen atoms in total. The summed E-state index contributed by atoms with van der Waals surface area (Å²) in [5, 5.41) is 13.3. The fraction of sp³-hybridized carbons (Fsp3) is 0.412. The summed E-state index contributed by atoms with van der Waals surface area (Å²) in [7, 11) is 0. The van der Waals surface area contributed by atoms with E-state index in [0.717, 1.165) is 17.8 Å². The number of dihydropyridines is 1. The third-order valence-electron chi connectivity index (χ3n) is 3.82. The van der Waals surface area contributed by atoms with Crippen molar-refractivity contribution in [3.8, 4) is 0 Å². The van der Waals surface area contributed by atoms with Crippen LogP contribution >= 0.6 is 0 Å². The zero-order valence-electron chi connectivity index (χ0n) is 12.7. The number of aryl methyl sites for hydroxylation is 2. The van der Waals surface area contributed by atoms with Crippen LogP contribution in [0.1, 0.15) is 30.5 Å². The van der Waals surface area contributed by atoms with Gasteiger partial charge in [0.15, 0.2) is 0 Å². The first kappa shape index (κ1) is 14.5. The Labute approximate surface area is 121 Å². The molecule has 1 aromatic rings. The maximum Gasteiger partial charge on any atom is 0.134 e. The Bertz CT molecular complexity index is 547. The van der Waals surface area contributed by atoms with Gasteiger partial charge in [-0.2, -0.15) is 0 Å². The molecule has 3 heteroatoms. The highest BCUT2D eigenvalue weighted by atomic mass is 16.3. The second-order valence-electron chi connectivity index (χ2n) is 5.90. The number of nitrogens with two attached hydrogens (primary N) is 1. The van der Waals surface area contributed by atoms with Gasteiger partial charge in [0.1, 0.15) is 5.76 Å². The molecule has 0 aromatic heterocycles. The SMILES string of the molecule is Cc1cc(N)cc(C)c1CC1C=CC(O)=C(C(C)C)N1. The van der Waals surface area contributed by atoms with E-state index in [4.69, 9.17) is 5.73 Å². The van der Waals surface area contributed by atoms with E-state index in [9.17, 15) is 5.11 Å². The summed E-state index contributed by atoms with van der Waals surface area (Å²) in [6.45, 7) is 8.35. The molecule has 0 saturated carbocycles. The molecule has 0 fully saturated rings. The predicted molar refractivity (Wildman–Crippen MR) is 84.6 cm³/mol. The van der Waals surface area contributed by atoms with E-state index in [0.29, 0.717) is 5.76 Å². The van der Waals surface area contributed by atoms with E-state index in [-0.39, 0.29) is 12.0 Å². The molecule has 1 unspecified atom stereocenters. The molecule has 0 spiro atoms. The number of nitrogen functional groups attached to an aromatic ring is 1. The number of aliphatic hydroxyl groups excluding tert-OH is 1. The van der Waals surface area contributed by atoms with Crippen LogP contribution < -0.4 is 11.1 Å². The summed E-state index contributed by atoms with van der Waals surface area (Å²) in [6.07, 6.45) is 4.73. The number of rotatable bonds is 3. The summed E-state index contributed by atoms with van der Waals surface area (Å²) < 4.78 is 0. The van der Waals surface area contributed by atoms with Crippen molar-refractivity contribution in [1.29, 1.82) is 0 Å². The summed E-state index contributed by atoms with van der Waals surface area (Å²) in [4.78, 5) is 0. The van der Waals surface area contributed by atoms with Crippen LogP contribution in [0.2, 0.25) is 0 Å². The minimum Gasteiger partial charge on any atom is -0.506 e. The quantitative estimate of drug-likeness (QED) is 0.739. The van der Waals surface area contributed by atoms with Crippen molar-refractivity contribution >= 4 is 5.69 Å². The lowest BCUT2D eigenvalue weighted by Gasteiger charge is -2.26. The third kappa shape index (κ3) is 2.98. The van der Waals surface area contributed by atoms with E-state index in [1.165, 1.54) is 16.7 Å². The van der Waals surface area contributed by atoms with Crippen LogP contribution in [-0.4, -0.2) is 11.1 Å². The van der Waals surface area contributed by atoms with E-state index < -0.39 is 0 Å². The fourth-order valence-corrected chi connectivity index (χ4v) is 2.77. The van der Waals surface area contributed by atoms with Crippen molar-refractivity contribution < 1.29 is 5.11 Å². The van der Waals surface area contributed by atoms with Crippen LogP contribution in [0.25, 0.3) is 0 Å². The van der Waals surface area contributed by atoms with E-state index >= 15 is 0 Å². The zero-order chi connectivity index (χ0) is 14.9. The molecule has 20 heavy (non-hydrogen) atoms. The van der Waals surface area contributed by atoms with Crippen LogP contribution in [-0.2, 0) is 6.42 Å². The Kier molecular flexibility index (Phi) is 4.07. The van der Waals surface area contributed by atoms with E-state index in [1.807, 2.05) is 18.2 Å². The zero-order valence-corrected chi connectivity index (χ0v) is 12.7. The van der Waals surface area contributed by atoms with Crippen molar-refractivity contribution in [3.05, 3.63) is 52.4 Å². The van der Waals surface area contributed by atoms with Crippen LogP contribution in [0.15, 0.2) is 35.7 Å². The maximum absolute atomic E-state index is 9.88. The van der Waals surface area contributed by atoms with Crippen LogP contribution in [0.4, 0.5) is 5.69 Å². The first-order valence-corrected chi connectivity index (χ1v) is 7.12. The Morgan fingerprint density at radius 3 is 2.40 bits per heavy atom. The van der Waals surface area contributed by atoms with Crippen LogP contribution in [0.5, 0.6) is 0 Å². The lowest BCUT2D eigenvalue weighted by atomic mass is 9.93. The van der Waals surface area contributed by atoms with Gasteiger partial charge in [-0.3, -0.25) is 0 Å². The van der Waals surface area contributed by atoms with Crippen molar-refractivity contribution in [3.63, 3.8) is 0 Å². The number of hydrogen-bond acceptors (Lipinski definition) is 3. The molecule has 4 N–H and O–H groups in total. The van der Waals surface area contributed by atoms with Gasteiger partial charge in [0, 0.05) is 11.7 Å². The van der Waals surface area contributed by atoms with Gasteiger partial charge in [-0.15, -0.1) is 0 Å². The van der Waals surface area contributed by atoms with E-state index in [1.54, 1.807) is 6.08 Å². The summed E-state index contributed by atoms with van der Waals surface area (Å²) in [5.74, 6) is 0.637. The number of anilines is 1. The largest absolute Gasteiger partial charge is 0.506 e. The standard InChI is InChI=1S/C17H24N2O/c1-10(2)17-16(20)6-5-14(19-17)9-15-11(3)7-13(18)8-12(15)4/h5-8,10,14,19-20H,9,18H2,1-4H3. The lowest BCUT2D eigenvalue weighted by Crippen LogP contribution is -2.34. The molecule has 1 heterocycles. The molecule has 0 radical (unpaired) electrons. The molecule has 1 atom stereocenters. The Morgan fingerprint density at radius 1 is 1.25 bits per heavy atom. The van der Waals surface area contributed by atoms with Crippen molar-refractivity contribution in [2.45, 2.75) is 40.2 Å². The molecule has 0 bridgehead atoms. The number of allylic oxidation sites excluding steroid dienone is 2. The van der Waals surface area contributed by atoms with Crippen LogP contribution in [0, 0.1) is 19.8 Å². The Balaban J connectivity index is 2.20. The Hall–Kier alpha value is -1.90. The van der Waals surface area contributed by atoms with Crippen molar-refractivity contribution in [1.82, 2.24) is 5.32 Å². The summed E-state index contributed by atoms with van der Waals surface area (Å²) in [5.41, 5.74) is 11.4. The molecule has 2 rings (SSSR count). The minimum atomic E-state index is 0.212. The van der Waals surface area contributed by atoms with Gasteiger partial charge in [0.25, 0.3) is 0 Å². The van der Waals surface area contributed by atoms with Crippen molar-refractivity contribution in [2.75, 3.05) is 5.73 Å². The van der Waals surface area contributed by atoms with Gasteiger partial charge in [-0.1, -0.05) is 19.9 Å². The first-order chi connectivity index (χ1) is 9.38. The fourth-order valence-electron chi connectivity index (χ4n) is 2.77. The average Bonchev–Trinajstić information content (AvgIpc) is 2.35. The maximum atomic E-state index is 9.88. The average molecular weight is 272 g/mol. The predicted octanol–water partition coefficient (Wildman–Crippen LogP) is 3.38. The van der Waals surface area contributed by atoms with Gasteiger partial charge >= 0.3 is 0 Å². The number of hydrogen-bond donors (Lipinski definition) is 3. The van der Waals surface area contributed by atoms with Gasteiger partial charge < -0.3 is 16.2 Å². The highest BCUT2D eigenvalue weighted by molar-refractivity contribution is 5.49. The van der Waals surface area contributed by atoms with E-state index in [2.05, 4.69) is 33.0 Å². The molecular formula is C17H24N2O. The van der Waals surface area contributed by atoms with Gasteiger partial charge in [-0.25, -0.2) is 0 Å². The molecule has 0 aliphatic carbocycles. The van der Waals surface area contributed by atoms with Gasteiger partial charge in [0.05, 0.1) is 5.70 Å². The molecule has 0 saturated heterocycles. The molecule has 108 valence electrons. The molecule has 0 amide bonds. The monoisotopic (exact) mass is 272 g/mol. The Morgan fingerprint density at radius 2 is 1.85 bits per heavy atom. The molecule has 1 aliphatic heterocycles. The van der Waals surface area contributed by atoms with Gasteiger partial charge in [0.2, 0.25) is 0 Å². The van der Waals surface area contributed by atoms with Crippen molar-refractivity contribution in [2.24, 2.45) is 5.92 Å². The normalized spacial score (nSPS) is 18.6. The van der Waals surface area contributed by atoms with Crippen LogP contribution in [0.3, 0.4) is 0 Å². The topological polar surface area (TPSA) is 58.3 Å². The first-order valence-electron chi connectivity index (χ1n) is 7.12.